The van der Waals surface area contributed by atoms with Crippen LogP contribution >= 0.6 is 0 Å². The van der Waals surface area contributed by atoms with Crippen LogP contribution in [0.3, 0.4) is 0 Å². The van der Waals surface area contributed by atoms with Crippen LogP contribution in [0.5, 0.6) is 0 Å². The molecule has 1 atom stereocenters. The summed E-state index contributed by atoms with van der Waals surface area (Å²) in [6, 6.07) is 0.846. The second kappa shape index (κ2) is 4.27. The highest BCUT2D eigenvalue weighted by molar-refractivity contribution is 4.90. The van der Waals surface area contributed by atoms with E-state index < -0.39 is 0 Å². The molecule has 69 valence electrons. The van der Waals surface area contributed by atoms with Gasteiger partial charge in [0, 0.05) is 6.04 Å². The first-order chi connectivity index (χ1) is 5.97. The number of rotatable bonds is 0. The molecule has 0 aromatic carbocycles. The highest BCUT2D eigenvalue weighted by Crippen LogP contribution is 2.23. The van der Waals surface area contributed by atoms with Crippen molar-refractivity contribution in [3.05, 3.63) is 6.42 Å². The molecule has 2 fully saturated rings. The molecule has 2 saturated heterocycles. The van der Waals surface area contributed by atoms with Gasteiger partial charge in [0.1, 0.15) is 0 Å². The molecule has 0 aromatic rings. The van der Waals surface area contributed by atoms with E-state index in [0.29, 0.717) is 0 Å². The molecule has 0 aliphatic carbocycles. The van der Waals surface area contributed by atoms with Crippen LogP contribution in [0.15, 0.2) is 0 Å². The van der Waals surface area contributed by atoms with Gasteiger partial charge >= 0.3 is 0 Å². The van der Waals surface area contributed by atoms with Crippen LogP contribution in [-0.2, 0) is 0 Å². The van der Waals surface area contributed by atoms with Crippen molar-refractivity contribution in [1.29, 1.82) is 0 Å². The van der Waals surface area contributed by atoms with Gasteiger partial charge in [-0.25, -0.2) is 0 Å². The number of nitrogens with zero attached hydrogens (tertiary/aromatic N) is 1. The lowest BCUT2D eigenvalue weighted by Gasteiger charge is -2.36. The van der Waals surface area contributed by atoms with Gasteiger partial charge in [0.25, 0.3) is 0 Å². The maximum atomic E-state index is 2.70. The minimum absolute atomic E-state index is 0.846. The first-order valence-corrected chi connectivity index (χ1v) is 5.54. The largest absolute Gasteiger partial charge is 0.300 e. The first kappa shape index (κ1) is 8.55. The summed E-state index contributed by atoms with van der Waals surface area (Å²) in [5, 5.41) is 0. The van der Waals surface area contributed by atoms with Crippen LogP contribution in [0.25, 0.3) is 0 Å². The lowest BCUT2D eigenvalue weighted by atomic mass is 9.94. The smallest absolute Gasteiger partial charge is 0.0127 e. The molecule has 0 bridgehead atoms. The number of hydrogen-bond acceptors (Lipinski definition) is 1. The lowest BCUT2D eigenvalue weighted by molar-refractivity contribution is 0.162. The van der Waals surface area contributed by atoms with Crippen molar-refractivity contribution in [2.45, 2.75) is 51.0 Å². The quantitative estimate of drug-likeness (QED) is 0.534. The van der Waals surface area contributed by atoms with E-state index in [4.69, 9.17) is 0 Å². The molecule has 0 N–H and O–H groups in total. The number of hydrogen-bond donors (Lipinski definition) is 0. The molecular weight excluding hydrogens is 146 g/mol. The van der Waals surface area contributed by atoms with Crippen molar-refractivity contribution in [3.63, 3.8) is 0 Å². The fraction of sp³-hybridized carbons (Fsp3) is 0.909. The minimum Gasteiger partial charge on any atom is -0.300 e. The summed E-state index contributed by atoms with van der Waals surface area (Å²) in [5.41, 5.74) is 0. The molecule has 0 spiro atoms. The Kier molecular flexibility index (Phi) is 3.04. The van der Waals surface area contributed by atoms with Crippen LogP contribution in [0.1, 0.15) is 44.9 Å². The van der Waals surface area contributed by atoms with E-state index in [1.165, 1.54) is 58.0 Å². The molecule has 0 aromatic heterocycles. The highest BCUT2D eigenvalue weighted by Gasteiger charge is 2.22. The van der Waals surface area contributed by atoms with E-state index in [0.717, 1.165) is 6.04 Å². The monoisotopic (exact) mass is 166 g/mol. The van der Waals surface area contributed by atoms with Crippen LogP contribution in [0.2, 0.25) is 0 Å². The van der Waals surface area contributed by atoms with E-state index in [9.17, 15) is 0 Å². The van der Waals surface area contributed by atoms with Crippen LogP contribution < -0.4 is 0 Å². The Bertz CT molecular complexity index is 117. The van der Waals surface area contributed by atoms with E-state index in [1.807, 2.05) is 0 Å². The second-order valence-electron chi connectivity index (χ2n) is 4.18. The summed E-state index contributed by atoms with van der Waals surface area (Å²) in [5.74, 6) is 0. The zero-order valence-electron chi connectivity index (χ0n) is 7.97. The Morgan fingerprint density at radius 3 is 2.75 bits per heavy atom. The standard InChI is InChI=1S/C11H20N/c1-2-5-9-12-10-6-4-8-11(12)7-3-1/h8,11H,1-7,9-10H2. The summed E-state index contributed by atoms with van der Waals surface area (Å²) in [6.45, 7) is 2.72. The topological polar surface area (TPSA) is 3.24 Å². The van der Waals surface area contributed by atoms with E-state index >= 15 is 0 Å². The Balaban J connectivity index is 1.89. The molecule has 1 nitrogen and oxygen atoms in total. The first-order valence-electron chi connectivity index (χ1n) is 5.54. The van der Waals surface area contributed by atoms with Crippen molar-refractivity contribution in [3.8, 4) is 0 Å². The summed E-state index contributed by atoms with van der Waals surface area (Å²) < 4.78 is 0. The third-order valence-corrected chi connectivity index (χ3v) is 3.25. The van der Waals surface area contributed by atoms with Crippen molar-refractivity contribution in [1.82, 2.24) is 4.90 Å². The summed E-state index contributed by atoms with van der Waals surface area (Å²) in [4.78, 5) is 2.70. The van der Waals surface area contributed by atoms with Gasteiger partial charge < -0.3 is 4.90 Å². The normalized spacial score (nSPS) is 33.5. The van der Waals surface area contributed by atoms with Crippen molar-refractivity contribution in [2.24, 2.45) is 0 Å². The van der Waals surface area contributed by atoms with Gasteiger partial charge in [-0.15, -0.1) is 0 Å². The fourth-order valence-electron chi connectivity index (χ4n) is 2.52. The summed E-state index contributed by atoms with van der Waals surface area (Å²) in [6.07, 6.45) is 12.6. The van der Waals surface area contributed by atoms with Gasteiger partial charge in [-0.1, -0.05) is 19.3 Å². The van der Waals surface area contributed by atoms with E-state index in [2.05, 4.69) is 11.3 Å². The molecule has 0 saturated carbocycles. The van der Waals surface area contributed by atoms with Gasteiger partial charge in [-0.3, -0.25) is 0 Å². The molecule has 1 radical (unpaired) electrons. The molecule has 1 unspecified atom stereocenters. The maximum absolute atomic E-state index is 2.70. The Morgan fingerprint density at radius 2 is 1.75 bits per heavy atom. The van der Waals surface area contributed by atoms with Gasteiger partial charge in [-0.2, -0.15) is 0 Å². The van der Waals surface area contributed by atoms with Gasteiger partial charge in [-0.05, 0) is 45.2 Å². The van der Waals surface area contributed by atoms with Crippen molar-refractivity contribution < 1.29 is 0 Å². The summed E-state index contributed by atoms with van der Waals surface area (Å²) in [7, 11) is 0. The minimum atomic E-state index is 0.846. The maximum Gasteiger partial charge on any atom is 0.0127 e. The molecular formula is C11H20N. The third-order valence-electron chi connectivity index (χ3n) is 3.25. The van der Waals surface area contributed by atoms with E-state index in [1.54, 1.807) is 0 Å². The zero-order chi connectivity index (χ0) is 8.23. The predicted molar refractivity (Wildman–Crippen MR) is 52.0 cm³/mol. The lowest BCUT2D eigenvalue weighted by Crippen LogP contribution is -2.41. The average Bonchev–Trinajstić information content (AvgIpc) is 2.06. The van der Waals surface area contributed by atoms with Crippen LogP contribution in [0, 0.1) is 6.42 Å². The zero-order valence-corrected chi connectivity index (χ0v) is 7.97. The molecule has 2 aliphatic heterocycles. The van der Waals surface area contributed by atoms with Gasteiger partial charge in [0.2, 0.25) is 0 Å². The Labute approximate surface area is 76.1 Å². The fourth-order valence-corrected chi connectivity index (χ4v) is 2.52. The number of fused-ring (bicyclic) bond motifs is 1. The highest BCUT2D eigenvalue weighted by atomic mass is 15.2. The SMILES string of the molecule is [CH]1CCCN2CCCCCCC12. The van der Waals surface area contributed by atoms with Crippen molar-refractivity contribution in [2.75, 3.05) is 13.1 Å². The van der Waals surface area contributed by atoms with E-state index in [-0.39, 0.29) is 0 Å². The predicted octanol–water partition coefficient (Wildman–Crippen LogP) is 2.62. The van der Waals surface area contributed by atoms with Crippen LogP contribution in [-0.4, -0.2) is 24.0 Å². The van der Waals surface area contributed by atoms with Gasteiger partial charge in [0.15, 0.2) is 0 Å². The third kappa shape index (κ3) is 2.01. The molecule has 0 amide bonds. The van der Waals surface area contributed by atoms with Gasteiger partial charge in [0.05, 0.1) is 0 Å². The molecule has 1 heteroatoms. The Hall–Kier alpha value is -0.0400. The van der Waals surface area contributed by atoms with Crippen molar-refractivity contribution >= 4 is 0 Å². The molecule has 12 heavy (non-hydrogen) atoms. The molecule has 2 aliphatic rings. The molecule has 2 rings (SSSR count). The second-order valence-corrected chi connectivity index (χ2v) is 4.18. The average molecular weight is 166 g/mol. The number of piperidine rings is 1. The summed E-state index contributed by atoms with van der Waals surface area (Å²) >= 11 is 0. The molecule has 2 heterocycles. The Morgan fingerprint density at radius 1 is 0.917 bits per heavy atom. The van der Waals surface area contributed by atoms with Crippen LogP contribution in [0.4, 0.5) is 0 Å².